The van der Waals surface area contributed by atoms with E-state index in [0.717, 1.165) is 23.5 Å². The lowest BCUT2D eigenvalue weighted by atomic mass is 10.2. The van der Waals surface area contributed by atoms with E-state index in [-0.39, 0.29) is 5.97 Å². The summed E-state index contributed by atoms with van der Waals surface area (Å²) in [4.78, 5) is 12.6. The third kappa shape index (κ3) is 3.97. The maximum atomic E-state index is 11.8. The number of carbonyl (C=O) groups is 1. The van der Waals surface area contributed by atoms with Gasteiger partial charge in [-0.05, 0) is 31.2 Å². The van der Waals surface area contributed by atoms with E-state index in [1.165, 1.54) is 0 Å². The molecule has 3 nitrogen and oxygen atoms in total. The Kier molecular flexibility index (Phi) is 5.91. The Balaban J connectivity index is 2.87. The summed E-state index contributed by atoms with van der Waals surface area (Å²) in [5.41, 5.74) is 7.14. The molecule has 94 valence electrons. The zero-order valence-corrected chi connectivity index (χ0v) is 11.2. The fraction of sp³-hybridized carbons (Fsp3) is 0.462. The number of unbranched alkanes of at least 4 members (excludes halogenated alkanes) is 1. The van der Waals surface area contributed by atoms with Crippen LogP contribution in [0, 0.1) is 0 Å². The second-order valence-electron chi connectivity index (χ2n) is 3.65. The first-order chi connectivity index (χ1) is 8.20. The van der Waals surface area contributed by atoms with Crippen LogP contribution in [0.25, 0.3) is 0 Å². The highest BCUT2D eigenvalue weighted by Gasteiger charge is 2.14. The van der Waals surface area contributed by atoms with Crippen molar-refractivity contribution >= 4 is 23.4 Å². The van der Waals surface area contributed by atoms with Crippen LogP contribution in [-0.2, 0) is 4.74 Å². The van der Waals surface area contributed by atoms with E-state index in [9.17, 15) is 4.79 Å². The average Bonchev–Trinajstić information content (AvgIpc) is 2.31. The fourth-order valence-electron chi connectivity index (χ4n) is 1.40. The van der Waals surface area contributed by atoms with Crippen LogP contribution in [-0.4, -0.2) is 18.3 Å². The van der Waals surface area contributed by atoms with Gasteiger partial charge in [0.1, 0.15) is 0 Å². The number of anilines is 1. The van der Waals surface area contributed by atoms with E-state index in [2.05, 4.69) is 6.92 Å². The van der Waals surface area contributed by atoms with Crippen molar-refractivity contribution in [3.05, 3.63) is 23.8 Å². The molecule has 0 saturated heterocycles. The number of esters is 1. The molecule has 0 atom stereocenters. The highest BCUT2D eigenvalue weighted by molar-refractivity contribution is 7.99. The van der Waals surface area contributed by atoms with Crippen molar-refractivity contribution < 1.29 is 9.53 Å². The molecule has 0 spiro atoms. The van der Waals surface area contributed by atoms with Crippen LogP contribution in [0.15, 0.2) is 23.1 Å². The quantitative estimate of drug-likeness (QED) is 0.365. The maximum absolute atomic E-state index is 11.8. The number of nitrogens with two attached hydrogens (primary N) is 1. The minimum absolute atomic E-state index is 0.293. The molecule has 0 aliphatic carbocycles. The van der Waals surface area contributed by atoms with Crippen LogP contribution in [0.2, 0.25) is 0 Å². The molecule has 1 aromatic rings. The van der Waals surface area contributed by atoms with Crippen LogP contribution < -0.4 is 5.73 Å². The van der Waals surface area contributed by atoms with Crippen molar-refractivity contribution in [2.75, 3.05) is 18.1 Å². The normalized spacial score (nSPS) is 10.2. The summed E-state index contributed by atoms with van der Waals surface area (Å²) in [7, 11) is 0. The monoisotopic (exact) mass is 253 g/mol. The van der Waals surface area contributed by atoms with Crippen LogP contribution >= 0.6 is 11.8 Å². The molecule has 0 aliphatic rings. The Morgan fingerprint density at radius 3 is 2.82 bits per heavy atom. The van der Waals surface area contributed by atoms with E-state index < -0.39 is 0 Å². The molecule has 1 aromatic carbocycles. The average molecular weight is 253 g/mol. The molecule has 0 saturated carbocycles. The number of benzene rings is 1. The van der Waals surface area contributed by atoms with Gasteiger partial charge in [0.2, 0.25) is 0 Å². The predicted molar refractivity (Wildman–Crippen MR) is 72.4 cm³/mol. The van der Waals surface area contributed by atoms with Gasteiger partial charge in [0.05, 0.1) is 12.2 Å². The molecule has 0 aliphatic heterocycles. The number of ether oxygens (including phenoxy) is 1. The molecule has 4 heteroatoms. The zero-order chi connectivity index (χ0) is 12.7. The van der Waals surface area contributed by atoms with Gasteiger partial charge in [-0.25, -0.2) is 4.79 Å². The lowest BCUT2D eigenvalue weighted by Gasteiger charge is -2.10. The molecular formula is C13H19NO2S. The van der Waals surface area contributed by atoms with Crippen molar-refractivity contribution in [2.45, 2.75) is 31.6 Å². The van der Waals surface area contributed by atoms with Crippen molar-refractivity contribution in [1.29, 1.82) is 0 Å². The van der Waals surface area contributed by atoms with Crippen LogP contribution in [0.3, 0.4) is 0 Å². The smallest absolute Gasteiger partial charge is 0.339 e. The molecule has 1 rings (SSSR count). The predicted octanol–water partition coefficient (Wildman–Crippen LogP) is 3.34. The fourth-order valence-corrected chi connectivity index (χ4v) is 2.58. The molecule has 0 bridgehead atoms. The Morgan fingerprint density at radius 1 is 1.41 bits per heavy atom. The Morgan fingerprint density at radius 2 is 2.18 bits per heavy atom. The van der Waals surface area contributed by atoms with Gasteiger partial charge in [0.25, 0.3) is 0 Å². The van der Waals surface area contributed by atoms with Gasteiger partial charge in [-0.15, -0.1) is 11.8 Å². The van der Waals surface area contributed by atoms with E-state index in [1.54, 1.807) is 30.8 Å². The van der Waals surface area contributed by atoms with Gasteiger partial charge < -0.3 is 10.5 Å². The number of rotatable bonds is 6. The number of thioether (sulfide) groups is 1. The largest absolute Gasteiger partial charge is 0.462 e. The summed E-state index contributed by atoms with van der Waals surface area (Å²) < 4.78 is 5.02. The first-order valence-electron chi connectivity index (χ1n) is 5.89. The van der Waals surface area contributed by atoms with Crippen molar-refractivity contribution in [2.24, 2.45) is 0 Å². The highest BCUT2D eigenvalue weighted by Crippen LogP contribution is 2.30. The third-order valence-corrected chi connectivity index (χ3v) is 3.52. The second-order valence-corrected chi connectivity index (χ2v) is 4.75. The van der Waals surface area contributed by atoms with Gasteiger partial charge in [0, 0.05) is 10.6 Å². The van der Waals surface area contributed by atoms with Crippen molar-refractivity contribution in [1.82, 2.24) is 0 Å². The summed E-state index contributed by atoms with van der Waals surface area (Å²) in [5.74, 6) is 0.677. The maximum Gasteiger partial charge on any atom is 0.339 e. The lowest BCUT2D eigenvalue weighted by Crippen LogP contribution is -2.07. The summed E-state index contributed by atoms with van der Waals surface area (Å²) in [6.45, 7) is 4.32. The van der Waals surface area contributed by atoms with Crippen molar-refractivity contribution in [3.63, 3.8) is 0 Å². The molecule has 2 N–H and O–H groups in total. The van der Waals surface area contributed by atoms with Crippen LogP contribution in [0.4, 0.5) is 5.69 Å². The van der Waals surface area contributed by atoms with E-state index in [1.807, 2.05) is 6.07 Å². The van der Waals surface area contributed by atoms with Crippen LogP contribution in [0.5, 0.6) is 0 Å². The Hall–Kier alpha value is -1.16. The summed E-state index contributed by atoms with van der Waals surface area (Å²) in [6.07, 6.45) is 2.25. The van der Waals surface area contributed by atoms with Gasteiger partial charge in [-0.2, -0.15) is 0 Å². The van der Waals surface area contributed by atoms with E-state index >= 15 is 0 Å². The minimum atomic E-state index is -0.293. The molecule has 0 unspecified atom stereocenters. The first kappa shape index (κ1) is 13.9. The minimum Gasteiger partial charge on any atom is -0.462 e. The molecule has 0 amide bonds. The van der Waals surface area contributed by atoms with Gasteiger partial charge in [0.15, 0.2) is 0 Å². The first-order valence-corrected chi connectivity index (χ1v) is 6.87. The van der Waals surface area contributed by atoms with Gasteiger partial charge in [-0.3, -0.25) is 0 Å². The van der Waals surface area contributed by atoms with Gasteiger partial charge >= 0.3 is 5.97 Å². The molecular weight excluding hydrogens is 234 g/mol. The number of hydrogen-bond donors (Lipinski definition) is 1. The third-order valence-electron chi connectivity index (χ3n) is 2.29. The Labute approximate surface area is 107 Å². The zero-order valence-electron chi connectivity index (χ0n) is 10.4. The topological polar surface area (TPSA) is 52.3 Å². The summed E-state index contributed by atoms with van der Waals surface area (Å²) in [5, 5.41) is 0. The molecule has 17 heavy (non-hydrogen) atoms. The molecule has 0 fully saturated rings. The number of carbonyl (C=O) groups excluding carboxylic acids is 1. The lowest BCUT2D eigenvalue weighted by molar-refractivity contribution is 0.0522. The van der Waals surface area contributed by atoms with E-state index in [4.69, 9.17) is 10.5 Å². The summed E-state index contributed by atoms with van der Waals surface area (Å²) in [6, 6.07) is 5.37. The van der Waals surface area contributed by atoms with Crippen LogP contribution in [0.1, 0.15) is 37.0 Å². The highest BCUT2D eigenvalue weighted by atomic mass is 32.2. The Bertz CT molecular complexity index is 380. The SMILES string of the molecule is CCCCSc1c(N)cccc1C(=O)OCC. The number of nitrogen functional groups attached to an aromatic ring is 1. The summed E-state index contributed by atoms with van der Waals surface area (Å²) >= 11 is 1.63. The number of hydrogen-bond acceptors (Lipinski definition) is 4. The molecule has 0 radical (unpaired) electrons. The van der Waals surface area contributed by atoms with E-state index in [0.29, 0.717) is 17.9 Å². The van der Waals surface area contributed by atoms with Crippen molar-refractivity contribution in [3.8, 4) is 0 Å². The standard InChI is InChI=1S/C13H19NO2S/c1-3-5-9-17-12-10(13(15)16-4-2)7-6-8-11(12)14/h6-8H,3-5,9,14H2,1-2H3. The van der Waals surface area contributed by atoms with Gasteiger partial charge in [-0.1, -0.05) is 19.4 Å². The molecule has 0 heterocycles. The molecule has 0 aromatic heterocycles. The second kappa shape index (κ2) is 7.22.